The summed E-state index contributed by atoms with van der Waals surface area (Å²) in [5, 5.41) is 2.11. The van der Waals surface area contributed by atoms with Crippen LogP contribution in [0.25, 0.3) is 10.8 Å². The van der Waals surface area contributed by atoms with Crippen molar-refractivity contribution < 1.29 is 22.7 Å². The molecule has 7 heteroatoms. The summed E-state index contributed by atoms with van der Waals surface area (Å²) in [6, 6.07) is 8.19. The fraction of sp³-hybridized carbons (Fsp3) is 0.353. The number of carbonyl (C=O) groups is 1. The highest BCUT2D eigenvalue weighted by atomic mass is 19.4. The zero-order chi connectivity index (χ0) is 17.3. The number of hydrogen-bond acceptors (Lipinski definition) is 3. The topological polar surface area (TPSA) is 41.6 Å². The van der Waals surface area contributed by atoms with E-state index in [0.717, 1.165) is 5.01 Å². The van der Waals surface area contributed by atoms with Gasteiger partial charge in [0, 0.05) is 18.5 Å². The Balaban J connectivity index is 2.22. The average Bonchev–Trinajstić information content (AvgIpc) is 2.94. The van der Waals surface area contributed by atoms with E-state index in [4.69, 9.17) is 4.74 Å². The van der Waals surface area contributed by atoms with E-state index >= 15 is 0 Å². The van der Waals surface area contributed by atoms with Crippen LogP contribution in [0.1, 0.15) is 24.9 Å². The van der Waals surface area contributed by atoms with Gasteiger partial charge in [0.2, 0.25) is 5.91 Å². The Hall–Kier alpha value is -2.28. The molecule has 128 valence electrons. The molecule has 2 aromatic carbocycles. The van der Waals surface area contributed by atoms with Crippen LogP contribution in [0.4, 0.5) is 13.2 Å². The van der Waals surface area contributed by atoms with Crippen molar-refractivity contribution >= 4 is 16.7 Å². The molecule has 0 aromatic heterocycles. The summed E-state index contributed by atoms with van der Waals surface area (Å²) in [7, 11) is 0. The summed E-state index contributed by atoms with van der Waals surface area (Å²) in [6.45, 7) is 1.97. The predicted molar refractivity (Wildman–Crippen MR) is 83.4 cm³/mol. The predicted octanol–water partition coefficient (Wildman–Crippen LogP) is 3.58. The Morgan fingerprint density at radius 3 is 2.62 bits per heavy atom. The van der Waals surface area contributed by atoms with E-state index < -0.39 is 18.1 Å². The smallest absolute Gasteiger partial charge is 0.410 e. The second-order valence-electron chi connectivity index (χ2n) is 5.55. The second-order valence-corrected chi connectivity index (χ2v) is 5.55. The quantitative estimate of drug-likeness (QED) is 0.926. The number of ether oxygens (including phenoxy) is 1. The third-order valence-corrected chi connectivity index (χ3v) is 3.97. The summed E-state index contributed by atoms with van der Waals surface area (Å²) >= 11 is 0. The van der Waals surface area contributed by atoms with Gasteiger partial charge in [0.25, 0.3) is 0 Å². The van der Waals surface area contributed by atoms with Crippen molar-refractivity contribution in [2.45, 2.75) is 25.6 Å². The van der Waals surface area contributed by atoms with Gasteiger partial charge in [-0.15, -0.1) is 0 Å². The van der Waals surface area contributed by atoms with Gasteiger partial charge in [0.05, 0.1) is 6.61 Å². The van der Waals surface area contributed by atoms with E-state index in [1.165, 1.54) is 0 Å². The lowest BCUT2D eigenvalue weighted by atomic mass is 9.96. The standard InChI is InChI=1S/C17H17F3N2O2/c1-2-24-13-8-7-11-5-3-4-6-12(11)15(13)16(17(18,19)20)22-10-9-14(23)21-22/h3-8,16H,2,9-10H2,1H3,(H,21,23). The fourth-order valence-corrected chi connectivity index (χ4v) is 3.02. The number of nitrogens with one attached hydrogen (secondary N) is 1. The second kappa shape index (κ2) is 6.32. The van der Waals surface area contributed by atoms with E-state index in [2.05, 4.69) is 5.43 Å². The lowest BCUT2D eigenvalue weighted by Crippen LogP contribution is -2.43. The average molecular weight is 338 g/mol. The van der Waals surface area contributed by atoms with Crippen LogP contribution in [-0.2, 0) is 4.79 Å². The van der Waals surface area contributed by atoms with Crippen molar-refractivity contribution in [3.05, 3.63) is 42.0 Å². The summed E-state index contributed by atoms with van der Waals surface area (Å²) in [6.07, 6.45) is -4.52. The maximum absolute atomic E-state index is 13.9. The first-order valence-electron chi connectivity index (χ1n) is 7.69. The van der Waals surface area contributed by atoms with Crippen LogP contribution in [0.15, 0.2) is 36.4 Å². The minimum Gasteiger partial charge on any atom is -0.494 e. The number of alkyl halides is 3. The Labute approximate surface area is 137 Å². The fourth-order valence-electron chi connectivity index (χ4n) is 3.02. The van der Waals surface area contributed by atoms with Gasteiger partial charge in [-0.3, -0.25) is 10.2 Å². The molecule has 1 amide bonds. The molecule has 0 spiro atoms. The van der Waals surface area contributed by atoms with Gasteiger partial charge >= 0.3 is 6.18 Å². The third-order valence-electron chi connectivity index (χ3n) is 3.97. The van der Waals surface area contributed by atoms with Gasteiger partial charge in [0.15, 0.2) is 6.04 Å². The molecule has 0 saturated carbocycles. The van der Waals surface area contributed by atoms with Crippen molar-refractivity contribution in [1.82, 2.24) is 10.4 Å². The number of carbonyl (C=O) groups excluding carboxylic acids is 1. The molecule has 0 aliphatic carbocycles. The van der Waals surface area contributed by atoms with Crippen molar-refractivity contribution in [2.24, 2.45) is 0 Å². The maximum atomic E-state index is 13.9. The molecule has 1 unspecified atom stereocenters. The normalized spacial score (nSPS) is 17.1. The van der Waals surface area contributed by atoms with E-state index in [1.807, 2.05) is 0 Å². The number of rotatable bonds is 4. The largest absolute Gasteiger partial charge is 0.494 e. The summed E-state index contributed by atoms with van der Waals surface area (Å²) < 4.78 is 47.1. The van der Waals surface area contributed by atoms with E-state index in [1.54, 1.807) is 43.3 Å². The van der Waals surface area contributed by atoms with Gasteiger partial charge in [0.1, 0.15) is 5.75 Å². The summed E-state index contributed by atoms with van der Waals surface area (Å²) in [4.78, 5) is 11.4. The first-order valence-corrected chi connectivity index (χ1v) is 7.69. The monoisotopic (exact) mass is 338 g/mol. The highest BCUT2D eigenvalue weighted by Gasteiger charge is 2.48. The summed E-state index contributed by atoms with van der Waals surface area (Å²) in [5.74, 6) is -0.234. The number of fused-ring (bicyclic) bond motifs is 1. The molecule has 1 aliphatic heterocycles. The van der Waals surface area contributed by atoms with Crippen LogP contribution in [0.5, 0.6) is 5.75 Å². The molecule has 4 nitrogen and oxygen atoms in total. The molecule has 2 aromatic rings. The van der Waals surface area contributed by atoms with E-state index in [0.29, 0.717) is 10.8 Å². The minimum atomic E-state index is -4.56. The van der Waals surface area contributed by atoms with E-state index in [-0.39, 0.29) is 30.9 Å². The number of amides is 1. The van der Waals surface area contributed by atoms with Gasteiger partial charge in [-0.2, -0.15) is 13.2 Å². The van der Waals surface area contributed by atoms with Crippen LogP contribution < -0.4 is 10.2 Å². The lowest BCUT2D eigenvalue weighted by molar-refractivity contribution is -0.191. The number of benzene rings is 2. The van der Waals surface area contributed by atoms with Crippen molar-refractivity contribution in [1.29, 1.82) is 0 Å². The third kappa shape index (κ3) is 3.03. The Bertz CT molecular complexity index is 761. The van der Waals surface area contributed by atoms with Crippen LogP contribution in [0.3, 0.4) is 0 Å². The van der Waals surface area contributed by atoms with Gasteiger partial charge in [-0.1, -0.05) is 30.3 Å². The molecule has 0 radical (unpaired) electrons. The van der Waals surface area contributed by atoms with Crippen LogP contribution >= 0.6 is 0 Å². The Kier molecular flexibility index (Phi) is 4.36. The highest BCUT2D eigenvalue weighted by molar-refractivity contribution is 5.88. The van der Waals surface area contributed by atoms with Crippen LogP contribution in [-0.4, -0.2) is 30.2 Å². The number of halogens is 3. The SMILES string of the molecule is CCOc1ccc2ccccc2c1C(N1CCC(=O)N1)C(F)(F)F. The number of nitrogens with zero attached hydrogens (tertiary/aromatic N) is 1. The Morgan fingerprint density at radius 1 is 1.25 bits per heavy atom. The minimum absolute atomic E-state index is 0.00219. The first-order chi connectivity index (χ1) is 11.4. The van der Waals surface area contributed by atoms with Crippen molar-refractivity contribution in [3.63, 3.8) is 0 Å². The molecular formula is C17H17F3N2O2. The molecule has 1 atom stereocenters. The van der Waals surface area contributed by atoms with Gasteiger partial charge < -0.3 is 4.74 Å². The number of hydrazine groups is 1. The van der Waals surface area contributed by atoms with Crippen molar-refractivity contribution in [2.75, 3.05) is 13.2 Å². The van der Waals surface area contributed by atoms with E-state index in [9.17, 15) is 18.0 Å². The molecular weight excluding hydrogens is 321 g/mol. The highest BCUT2D eigenvalue weighted by Crippen LogP contribution is 2.44. The summed E-state index contributed by atoms with van der Waals surface area (Å²) in [5.41, 5.74) is 2.34. The molecule has 1 heterocycles. The zero-order valence-electron chi connectivity index (χ0n) is 13.1. The first kappa shape index (κ1) is 16.6. The zero-order valence-corrected chi connectivity index (χ0v) is 13.1. The lowest BCUT2D eigenvalue weighted by Gasteiger charge is -2.31. The molecule has 1 saturated heterocycles. The molecule has 24 heavy (non-hydrogen) atoms. The molecule has 1 fully saturated rings. The molecule has 1 N–H and O–H groups in total. The number of hydrogen-bond donors (Lipinski definition) is 1. The van der Waals surface area contributed by atoms with Crippen LogP contribution in [0, 0.1) is 0 Å². The molecule has 3 rings (SSSR count). The van der Waals surface area contributed by atoms with Gasteiger partial charge in [-0.05, 0) is 23.8 Å². The molecule has 0 bridgehead atoms. The van der Waals surface area contributed by atoms with Crippen LogP contribution in [0.2, 0.25) is 0 Å². The Morgan fingerprint density at radius 2 is 2.00 bits per heavy atom. The maximum Gasteiger partial charge on any atom is 0.410 e. The van der Waals surface area contributed by atoms with Gasteiger partial charge in [-0.25, -0.2) is 5.01 Å². The van der Waals surface area contributed by atoms with Crippen molar-refractivity contribution in [3.8, 4) is 5.75 Å². The molecule has 1 aliphatic rings.